The van der Waals surface area contributed by atoms with Gasteiger partial charge < -0.3 is 14.0 Å². The lowest BCUT2D eigenvalue weighted by Gasteiger charge is -2.09. The molecule has 0 unspecified atom stereocenters. The van der Waals surface area contributed by atoms with E-state index >= 15 is 0 Å². The maximum atomic E-state index is 12.7. The number of esters is 1. The van der Waals surface area contributed by atoms with Crippen molar-refractivity contribution in [1.82, 2.24) is 4.57 Å². The van der Waals surface area contributed by atoms with Crippen LogP contribution in [0.1, 0.15) is 48.4 Å². The summed E-state index contributed by atoms with van der Waals surface area (Å²) < 4.78 is 13.5. The Hall–Kier alpha value is -2.93. The first-order chi connectivity index (χ1) is 13.9. The molecule has 0 fully saturated rings. The lowest BCUT2D eigenvalue weighted by atomic mass is 10.2. The molecule has 0 aliphatic rings. The monoisotopic (exact) mass is 412 g/mol. The third kappa shape index (κ3) is 4.74. The molecule has 1 aromatic heterocycles. The van der Waals surface area contributed by atoms with Crippen LogP contribution in [0.4, 0.5) is 0 Å². The number of aryl methyl sites for hydroxylation is 1. The molecule has 0 aliphatic carbocycles. The zero-order chi connectivity index (χ0) is 21.0. The highest BCUT2D eigenvalue weighted by Gasteiger charge is 2.12. The number of amides is 1. The second kappa shape index (κ2) is 9.05. The van der Waals surface area contributed by atoms with Crippen LogP contribution in [0, 0.1) is 0 Å². The minimum atomic E-state index is -0.357. The Kier molecular flexibility index (Phi) is 6.49. The fourth-order valence-corrected chi connectivity index (χ4v) is 4.04. The van der Waals surface area contributed by atoms with Crippen molar-refractivity contribution in [3.63, 3.8) is 0 Å². The highest BCUT2D eigenvalue weighted by molar-refractivity contribution is 7.16. The first kappa shape index (κ1) is 20.8. The normalized spacial score (nSPS) is 11.8. The minimum absolute atomic E-state index is 0.0720. The molecule has 29 heavy (non-hydrogen) atoms. The van der Waals surface area contributed by atoms with E-state index in [1.807, 2.05) is 31.4 Å². The van der Waals surface area contributed by atoms with Crippen molar-refractivity contribution in [2.24, 2.45) is 4.99 Å². The number of aromatic nitrogens is 1. The fourth-order valence-electron chi connectivity index (χ4n) is 2.91. The molecule has 7 heteroatoms. The van der Waals surface area contributed by atoms with E-state index in [4.69, 9.17) is 9.47 Å². The molecule has 0 aliphatic heterocycles. The molecule has 0 N–H and O–H groups in total. The molecule has 0 saturated heterocycles. The van der Waals surface area contributed by atoms with Gasteiger partial charge in [0.25, 0.3) is 5.91 Å². The van der Waals surface area contributed by atoms with E-state index in [-0.39, 0.29) is 18.0 Å². The van der Waals surface area contributed by atoms with Gasteiger partial charge >= 0.3 is 5.97 Å². The van der Waals surface area contributed by atoms with E-state index in [1.165, 1.54) is 11.3 Å². The van der Waals surface area contributed by atoms with E-state index in [1.54, 1.807) is 43.3 Å². The maximum absolute atomic E-state index is 12.7. The van der Waals surface area contributed by atoms with Crippen LogP contribution in [-0.4, -0.2) is 29.2 Å². The standard InChI is InChI=1S/C22H24N2O4S/c1-5-24-18-12-9-16(21(26)27-6-2)13-19(18)29-22(24)23-20(25)15-7-10-17(11-8-15)28-14(3)4/h7-14H,5-6H2,1-4H3. The summed E-state index contributed by atoms with van der Waals surface area (Å²) in [4.78, 5) is 29.6. The quantitative estimate of drug-likeness (QED) is 0.562. The average Bonchev–Trinajstić information content (AvgIpc) is 3.04. The topological polar surface area (TPSA) is 69.9 Å². The molecule has 1 amide bonds. The maximum Gasteiger partial charge on any atom is 0.338 e. The van der Waals surface area contributed by atoms with Crippen molar-refractivity contribution >= 4 is 33.4 Å². The largest absolute Gasteiger partial charge is 0.491 e. The predicted octanol–water partition coefficient (Wildman–Crippen LogP) is 4.43. The molecule has 2 aromatic carbocycles. The number of nitrogens with zero attached hydrogens (tertiary/aromatic N) is 2. The lowest BCUT2D eigenvalue weighted by Crippen LogP contribution is -2.16. The Morgan fingerprint density at radius 3 is 2.38 bits per heavy atom. The first-order valence-electron chi connectivity index (χ1n) is 9.59. The average molecular weight is 413 g/mol. The van der Waals surface area contributed by atoms with Gasteiger partial charge in [-0.25, -0.2) is 4.79 Å². The van der Waals surface area contributed by atoms with Gasteiger partial charge in [-0.2, -0.15) is 4.99 Å². The molecule has 3 aromatic rings. The predicted molar refractivity (Wildman–Crippen MR) is 114 cm³/mol. The number of hydrogen-bond acceptors (Lipinski definition) is 5. The molecule has 0 atom stereocenters. The van der Waals surface area contributed by atoms with Crippen LogP contribution in [0.25, 0.3) is 10.2 Å². The smallest absolute Gasteiger partial charge is 0.338 e. The van der Waals surface area contributed by atoms with Crippen molar-refractivity contribution in [3.8, 4) is 5.75 Å². The van der Waals surface area contributed by atoms with Crippen molar-refractivity contribution in [1.29, 1.82) is 0 Å². The van der Waals surface area contributed by atoms with E-state index in [9.17, 15) is 9.59 Å². The molecule has 0 bridgehead atoms. The van der Waals surface area contributed by atoms with Gasteiger partial charge in [-0.1, -0.05) is 11.3 Å². The lowest BCUT2D eigenvalue weighted by molar-refractivity contribution is 0.0526. The number of rotatable bonds is 6. The second-order valence-electron chi connectivity index (χ2n) is 6.64. The summed E-state index contributed by atoms with van der Waals surface area (Å²) in [5.74, 6) is 0.0399. The van der Waals surface area contributed by atoms with Crippen molar-refractivity contribution < 1.29 is 19.1 Å². The summed E-state index contributed by atoms with van der Waals surface area (Å²) in [6.45, 7) is 8.65. The highest BCUT2D eigenvalue weighted by Crippen LogP contribution is 2.20. The summed E-state index contributed by atoms with van der Waals surface area (Å²) in [5.41, 5.74) is 1.91. The van der Waals surface area contributed by atoms with E-state index in [2.05, 4.69) is 4.99 Å². The third-order valence-corrected chi connectivity index (χ3v) is 5.22. The van der Waals surface area contributed by atoms with Crippen LogP contribution in [0.3, 0.4) is 0 Å². The molecule has 0 radical (unpaired) electrons. The number of fused-ring (bicyclic) bond motifs is 1. The molecule has 6 nitrogen and oxygen atoms in total. The molecule has 0 spiro atoms. The number of thiazole rings is 1. The van der Waals surface area contributed by atoms with Gasteiger partial charge in [-0.05, 0) is 70.2 Å². The fraction of sp³-hybridized carbons (Fsp3) is 0.318. The number of ether oxygens (including phenoxy) is 2. The number of carbonyl (C=O) groups is 2. The summed E-state index contributed by atoms with van der Waals surface area (Å²) >= 11 is 1.38. The minimum Gasteiger partial charge on any atom is -0.491 e. The summed E-state index contributed by atoms with van der Waals surface area (Å²) in [6, 6.07) is 12.4. The van der Waals surface area contributed by atoms with E-state index < -0.39 is 0 Å². The molecule has 3 rings (SSSR count). The van der Waals surface area contributed by atoms with Gasteiger partial charge in [0.1, 0.15) is 5.75 Å². The van der Waals surface area contributed by atoms with Crippen molar-refractivity contribution in [3.05, 3.63) is 58.4 Å². The van der Waals surface area contributed by atoms with Crippen molar-refractivity contribution in [2.75, 3.05) is 6.61 Å². The first-order valence-corrected chi connectivity index (χ1v) is 10.4. The van der Waals surface area contributed by atoms with Crippen LogP contribution in [0.2, 0.25) is 0 Å². The Balaban J connectivity index is 1.96. The van der Waals surface area contributed by atoms with Crippen molar-refractivity contribution in [2.45, 2.75) is 40.3 Å². The van der Waals surface area contributed by atoms with Crippen LogP contribution in [0.15, 0.2) is 47.5 Å². The van der Waals surface area contributed by atoms with Crippen LogP contribution < -0.4 is 9.54 Å². The Morgan fingerprint density at radius 2 is 1.76 bits per heavy atom. The van der Waals surface area contributed by atoms with Gasteiger partial charge in [-0.3, -0.25) is 4.79 Å². The Bertz CT molecular complexity index is 1090. The van der Waals surface area contributed by atoms with Gasteiger partial charge in [-0.15, -0.1) is 0 Å². The number of benzene rings is 2. The molecular weight excluding hydrogens is 388 g/mol. The summed E-state index contributed by atoms with van der Waals surface area (Å²) in [7, 11) is 0. The van der Waals surface area contributed by atoms with E-state index in [0.717, 1.165) is 10.2 Å². The second-order valence-corrected chi connectivity index (χ2v) is 7.65. The van der Waals surface area contributed by atoms with Gasteiger partial charge in [0.15, 0.2) is 4.80 Å². The number of carbonyl (C=O) groups excluding carboxylic acids is 2. The van der Waals surface area contributed by atoms with Gasteiger partial charge in [0.2, 0.25) is 0 Å². The molecule has 1 heterocycles. The van der Waals surface area contributed by atoms with Gasteiger partial charge in [0, 0.05) is 12.1 Å². The Labute approximate surface area is 173 Å². The molecule has 0 saturated carbocycles. The van der Waals surface area contributed by atoms with Crippen LogP contribution in [-0.2, 0) is 11.3 Å². The number of hydrogen-bond donors (Lipinski definition) is 0. The van der Waals surface area contributed by atoms with E-state index in [0.29, 0.717) is 34.8 Å². The molecule has 152 valence electrons. The van der Waals surface area contributed by atoms with Gasteiger partial charge in [0.05, 0.1) is 28.5 Å². The SMILES string of the molecule is CCOC(=O)c1ccc2c(c1)sc(=NC(=O)c1ccc(OC(C)C)cc1)n2CC. The zero-order valence-corrected chi connectivity index (χ0v) is 17.8. The van der Waals surface area contributed by atoms with Crippen LogP contribution >= 0.6 is 11.3 Å². The summed E-state index contributed by atoms with van der Waals surface area (Å²) in [5, 5.41) is 0. The molecular formula is C22H24N2O4S. The third-order valence-electron chi connectivity index (χ3n) is 4.18. The highest BCUT2D eigenvalue weighted by atomic mass is 32.1. The summed E-state index contributed by atoms with van der Waals surface area (Å²) in [6.07, 6.45) is 0.0720. The Morgan fingerprint density at radius 1 is 1.07 bits per heavy atom. The zero-order valence-electron chi connectivity index (χ0n) is 17.0. The van der Waals surface area contributed by atoms with Crippen LogP contribution in [0.5, 0.6) is 5.75 Å².